The van der Waals surface area contributed by atoms with Gasteiger partial charge in [-0.05, 0) is 32.4 Å². The molecule has 0 saturated carbocycles. The van der Waals surface area contributed by atoms with Crippen molar-refractivity contribution in [3.05, 3.63) is 56.4 Å². The van der Waals surface area contributed by atoms with Crippen molar-refractivity contribution in [3.63, 3.8) is 0 Å². The molecule has 3 rings (SSSR count). The van der Waals surface area contributed by atoms with Crippen LogP contribution in [0.3, 0.4) is 0 Å². The van der Waals surface area contributed by atoms with E-state index in [0.717, 1.165) is 16.0 Å². The number of carbonyl (C=O) groups is 1. The third-order valence-corrected chi connectivity index (χ3v) is 5.38. The van der Waals surface area contributed by atoms with Crippen LogP contribution in [-0.4, -0.2) is 23.0 Å². The van der Waals surface area contributed by atoms with Crippen molar-refractivity contribution >= 4 is 27.5 Å². The van der Waals surface area contributed by atoms with Crippen LogP contribution in [0.5, 0.6) is 5.75 Å². The summed E-state index contributed by atoms with van der Waals surface area (Å²) in [6.45, 7) is 5.55. The minimum absolute atomic E-state index is 0.0814. The van der Waals surface area contributed by atoms with Crippen LogP contribution in [0.25, 0.3) is 10.2 Å². The number of para-hydroxylation sites is 1. The van der Waals surface area contributed by atoms with Crippen LogP contribution < -0.4 is 10.3 Å². The maximum Gasteiger partial charge on any atom is 0.311 e. The van der Waals surface area contributed by atoms with Crippen molar-refractivity contribution in [1.29, 1.82) is 0 Å². The van der Waals surface area contributed by atoms with Gasteiger partial charge >= 0.3 is 5.97 Å². The summed E-state index contributed by atoms with van der Waals surface area (Å²) in [6, 6.07) is 7.28. The maximum absolute atomic E-state index is 12.4. The molecule has 6 nitrogen and oxygen atoms in total. The van der Waals surface area contributed by atoms with E-state index in [1.54, 1.807) is 20.1 Å². The highest BCUT2D eigenvalue weighted by atomic mass is 32.1. The Morgan fingerprint density at radius 3 is 2.77 bits per heavy atom. The lowest BCUT2D eigenvalue weighted by molar-refractivity contribution is -0.148. The molecule has 3 aromatic rings. The molecule has 0 aliphatic heterocycles. The van der Waals surface area contributed by atoms with Crippen molar-refractivity contribution in [1.82, 2.24) is 9.97 Å². The van der Waals surface area contributed by atoms with E-state index < -0.39 is 12.1 Å². The summed E-state index contributed by atoms with van der Waals surface area (Å²) in [5, 5.41) is 0.601. The smallest absolute Gasteiger partial charge is 0.311 e. The molecule has 0 aliphatic carbocycles. The first kappa shape index (κ1) is 18.1. The molecule has 0 spiro atoms. The standard InChI is InChI=1S/C19H20N2O4S/c1-10-12(3)26-19-16(10)18(23)20-17(21-19)11(2)25-15(22)9-13-7-5-6-8-14(13)24-4/h5-8,11H,9H2,1-4H3,(H,20,21,23)/t11-/m1/s1. The molecule has 7 heteroatoms. The Balaban J connectivity index is 1.79. The Hall–Kier alpha value is -2.67. The summed E-state index contributed by atoms with van der Waals surface area (Å²) < 4.78 is 10.7. The Morgan fingerprint density at radius 1 is 1.31 bits per heavy atom. The van der Waals surface area contributed by atoms with E-state index in [9.17, 15) is 9.59 Å². The second-order valence-corrected chi connectivity index (χ2v) is 7.24. The van der Waals surface area contributed by atoms with Gasteiger partial charge in [0, 0.05) is 10.4 Å². The number of rotatable bonds is 5. The first-order valence-corrected chi connectivity index (χ1v) is 9.03. The first-order valence-electron chi connectivity index (χ1n) is 8.22. The van der Waals surface area contributed by atoms with E-state index in [1.807, 2.05) is 32.0 Å². The van der Waals surface area contributed by atoms with Crippen LogP contribution >= 0.6 is 11.3 Å². The number of fused-ring (bicyclic) bond motifs is 1. The van der Waals surface area contributed by atoms with Gasteiger partial charge in [-0.25, -0.2) is 4.98 Å². The van der Waals surface area contributed by atoms with E-state index in [2.05, 4.69) is 9.97 Å². The maximum atomic E-state index is 12.4. The Morgan fingerprint density at radius 2 is 2.04 bits per heavy atom. The average molecular weight is 372 g/mol. The number of thiophene rings is 1. The lowest BCUT2D eigenvalue weighted by Gasteiger charge is -2.13. The van der Waals surface area contributed by atoms with E-state index in [-0.39, 0.29) is 12.0 Å². The van der Waals surface area contributed by atoms with Crippen LogP contribution in [0.15, 0.2) is 29.1 Å². The van der Waals surface area contributed by atoms with Crippen molar-refractivity contribution in [3.8, 4) is 5.75 Å². The van der Waals surface area contributed by atoms with Crippen molar-refractivity contribution in [2.45, 2.75) is 33.3 Å². The van der Waals surface area contributed by atoms with Gasteiger partial charge < -0.3 is 14.5 Å². The van der Waals surface area contributed by atoms with Gasteiger partial charge in [0.2, 0.25) is 0 Å². The lowest BCUT2D eigenvalue weighted by atomic mass is 10.1. The molecule has 1 N–H and O–H groups in total. The molecule has 0 fully saturated rings. The van der Waals surface area contributed by atoms with Gasteiger partial charge in [-0.1, -0.05) is 18.2 Å². The molecule has 136 valence electrons. The van der Waals surface area contributed by atoms with Gasteiger partial charge in [0.25, 0.3) is 5.56 Å². The molecule has 26 heavy (non-hydrogen) atoms. The number of hydrogen-bond donors (Lipinski definition) is 1. The lowest BCUT2D eigenvalue weighted by Crippen LogP contribution is -2.18. The highest BCUT2D eigenvalue weighted by Crippen LogP contribution is 2.27. The summed E-state index contributed by atoms with van der Waals surface area (Å²) >= 11 is 1.46. The normalized spacial score (nSPS) is 12.2. The molecule has 0 radical (unpaired) electrons. The third kappa shape index (κ3) is 3.48. The minimum atomic E-state index is -0.656. The molecule has 0 amide bonds. The van der Waals surface area contributed by atoms with Gasteiger partial charge in [-0.3, -0.25) is 9.59 Å². The van der Waals surface area contributed by atoms with E-state index >= 15 is 0 Å². The topological polar surface area (TPSA) is 81.3 Å². The molecular weight excluding hydrogens is 352 g/mol. The summed E-state index contributed by atoms with van der Waals surface area (Å²) in [5.41, 5.74) is 1.47. The highest BCUT2D eigenvalue weighted by molar-refractivity contribution is 7.18. The Kier molecular flexibility index (Phi) is 5.08. The van der Waals surface area contributed by atoms with Crippen LogP contribution in [0.4, 0.5) is 0 Å². The summed E-state index contributed by atoms with van der Waals surface area (Å²) in [4.78, 5) is 33.5. The number of ether oxygens (including phenoxy) is 2. The predicted octanol–water partition coefficient (Wildman–Crippen LogP) is 3.46. The second kappa shape index (κ2) is 7.29. The van der Waals surface area contributed by atoms with Crippen LogP contribution in [-0.2, 0) is 16.0 Å². The number of carbonyl (C=O) groups excluding carboxylic acids is 1. The molecule has 2 heterocycles. The van der Waals surface area contributed by atoms with Crippen LogP contribution in [0.1, 0.15) is 34.9 Å². The SMILES string of the molecule is COc1ccccc1CC(=O)O[C@H](C)c1nc2sc(C)c(C)c2c(=O)[nH]1. The van der Waals surface area contributed by atoms with Gasteiger partial charge in [0.1, 0.15) is 10.6 Å². The number of aromatic amines is 1. The number of hydrogen-bond acceptors (Lipinski definition) is 6. The van der Waals surface area contributed by atoms with E-state index in [0.29, 0.717) is 21.8 Å². The van der Waals surface area contributed by atoms with Crippen LogP contribution in [0.2, 0.25) is 0 Å². The Labute approximate surface area is 154 Å². The van der Waals surface area contributed by atoms with Crippen LogP contribution in [0, 0.1) is 13.8 Å². The fourth-order valence-electron chi connectivity index (χ4n) is 2.76. The molecule has 0 bridgehead atoms. The zero-order valence-corrected chi connectivity index (χ0v) is 15.9. The number of nitrogens with one attached hydrogen (secondary N) is 1. The molecule has 2 aromatic heterocycles. The number of methoxy groups -OCH3 is 1. The Bertz CT molecular complexity index is 1020. The second-order valence-electron chi connectivity index (χ2n) is 6.04. The monoisotopic (exact) mass is 372 g/mol. The van der Waals surface area contributed by atoms with Crippen molar-refractivity contribution < 1.29 is 14.3 Å². The van der Waals surface area contributed by atoms with Crippen molar-refractivity contribution in [2.24, 2.45) is 0 Å². The van der Waals surface area contributed by atoms with Crippen molar-refractivity contribution in [2.75, 3.05) is 7.11 Å². The minimum Gasteiger partial charge on any atom is -0.496 e. The van der Waals surface area contributed by atoms with Gasteiger partial charge in [-0.15, -0.1) is 11.3 Å². The summed E-state index contributed by atoms with van der Waals surface area (Å²) in [5.74, 6) is 0.565. The van der Waals surface area contributed by atoms with Gasteiger partial charge in [0.15, 0.2) is 11.9 Å². The number of nitrogens with zero attached hydrogens (tertiary/aromatic N) is 1. The zero-order chi connectivity index (χ0) is 18.8. The number of aromatic nitrogens is 2. The molecule has 1 atom stereocenters. The highest BCUT2D eigenvalue weighted by Gasteiger charge is 2.19. The number of benzene rings is 1. The van der Waals surface area contributed by atoms with E-state index in [1.165, 1.54) is 11.3 Å². The molecule has 0 aliphatic rings. The largest absolute Gasteiger partial charge is 0.496 e. The fourth-order valence-corrected chi connectivity index (χ4v) is 3.80. The number of H-pyrrole nitrogens is 1. The van der Waals surface area contributed by atoms with Gasteiger partial charge in [0.05, 0.1) is 18.9 Å². The molecular formula is C19H20N2O4S. The quantitative estimate of drug-likeness (QED) is 0.694. The molecule has 1 aromatic carbocycles. The average Bonchev–Trinajstić information content (AvgIpc) is 2.89. The zero-order valence-electron chi connectivity index (χ0n) is 15.1. The predicted molar refractivity (Wildman–Crippen MR) is 101 cm³/mol. The number of esters is 1. The summed E-state index contributed by atoms with van der Waals surface area (Å²) in [7, 11) is 1.56. The molecule has 0 unspecified atom stereocenters. The van der Waals surface area contributed by atoms with Gasteiger partial charge in [-0.2, -0.15) is 0 Å². The summed E-state index contributed by atoms with van der Waals surface area (Å²) in [6.07, 6.45) is -0.574. The fraction of sp³-hybridized carbons (Fsp3) is 0.316. The molecule has 0 saturated heterocycles. The van der Waals surface area contributed by atoms with E-state index in [4.69, 9.17) is 9.47 Å². The number of aryl methyl sites for hydroxylation is 2. The first-order chi connectivity index (χ1) is 12.4. The third-order valence-electron chi connectivity index (χ3n) is 4.28.